The van der Waals surface area contributed by atoms with Crippen LogP contribution in [0.5, 0.6) is 0 Å². The normalized spacial score (nSPS) is 20.1. The van der Waals surface area contributed by atoms with Crippen molar-refractivity contribution in [3.8, 4) is 10.6 Å². The summed E-state index contributed by atoms with van der Waals surface area (Å²) in [6, 6.07) is 0. The monoisotopic (exact) mass is 315 g/mol. The van der Waals surface area contributed by atoms with Crippen LogP contribution in [-0.4, -0.2) is 33.9 Å². The van der Waals surface area contributed by atoms with Crippen molar-refractivity contribution in [1.82, 2.24) is 15.0 Å². The molecule has 0 aromatic carbocycles. The highest BCUT2D eigenvalue weighted by Gasteiger charge is 2.14. The average Bonchev–Trinajstić information content (AvgIpc) is 2.92. The average molecular weight is 315 g/mol. The first-order valence-electron chi connectivity index (χ1n) is 10.8. The molecule has 0 saturated carbocycles. The van der Waals surface area contributed by atoms with Crippen LogP contribution in [0.4, 0.5) is 10.9 Å². The maximum absolute atomic E-state index is 11.3. The molecule has 0 aliphatic rings. The Morgan fingerprint density at radius 3 is 2.86 bits per heavy atom. The number of hydrogen-bond donors (Lipinski definition) is 1. The summed E-state index contributed by atoms with van der Waals surface area (Å²) >= 11 is 1.01. The molecular weight excluding hydrogens is 286 g/mol. The molecule has 21 heavy (non-hydrogen) atoms. The predicted octanol–water partition coefficient (Wildman–Crippen LogP) is 2.71. The molecule has 2 rings (SSSR count). The zero-order valence-electron chi connectivity index (χ0n) is 21.3. The number of carbonyl (C=O) groups is 1. The number of carbonyl (C=O) groups excluding carboxylic acids is 1. The number of aryl methyl sites for hydroxylation is 1. The van der Waals surface area contributed by atoms with Gasteiger partial charge >= 0.3 is 0 Å². The summed E-state index contributed by atoms with van der Waals surface area (Å²) in [6.07, 6.45) is 2.12. The van der Waals surface area contributed by atoms with Crippen LogP contribution in [0, 0.1) is 6.92 Å². The van der Waals surface area contributed by atoms with Gasteiger partial charge in [0.05, 0.1) is 23.0 Å². The number of anilines is 2. The zero-order valence-corrected chi connectivity index (χ0v) is 12.1. The fourth-order valence-electron chi connectivity index (χ4n) is 1.55. The number of amides is 1. The van der Waals surface area contributed by atoms with Gasteiger partial charge in [0, 0.05) is 33.6 Å². The van der Waals surface area contributed by atoms with Crippen LogP contribution in [0.25, 0.3) is 10.6 Å². The lowest BCUT2D eigenvalue weighted by molar-refractivity contribution is -0.114. The van der Waals surface area contributed by atoms with Crippen molar-refractivity contribution in [2.45, 2.75) is 27.6 Å². The molecule has 0 spiro atoms. The minimum Gasteiger partial charge on any atom is -0.356 e. The van der Waals surface area contributed by atoms with E-state index >= 15 is 0 Å². The molecule has 7 heteroatoms. The van der Waals surface area contributed by atoms with Crippen molar-refractivity contribution < 1.29 is 18.5 Å². The summed E-state index contributed by atoms with van der Waals surface area (Å²) in [5.41, 5.74) is 0.487. The molecule has 112 valence electrons. The van der Waals surface area contributed by atoms with Gasteiger partial charge in [-0.2, -0.15) is 0 Å². The molecule has 0 fully saturated rings. The van der Waals surface area contributed by atoms with Crippen LogP contribution in [0.3, 0.4) is 0 Å². The molecule has 0 atom stereocenters. The second-order valence-corrected chi connectivity index (χ2v) is 4.94. The van der Waals surface area contributed by atoms with Crippen LogP contribution < -0.4 is 10.2 Å². The van der Waals surface area contributed by atoms with Crippen molar-refractivity contribution in [2.75, 3.05) is 23.2 Å². The minimum absolute atomic E-state index is 0.0262. The lowest BCUT2D eigenvalue weighted by Crippen LogP contribution is -2.23. The van der Waals surface area contributed by atoms with Crippen molar-refractivity contribution in [3.05, 3.63) is 18.1 Å². The summed E-state index contributed by atoms with van der Waals surface area (Å²) in [7, 11) is 0. The van der Waals surface area contributed by atoms with E-state index in [1.54, 1.807) is 6.92 Å². The van der Waals surface area contributed by atoms with Gasteiger partial charge in [0.15, 0.2) is 5.13 Å². The Morgan fingerprint density at radius 2 is 2.19 bits per heavy atom. The molecule has 0 aliphatic carbocycles. The van der Waals surface area contributed by atoms with E-state index < -0.39 is 32.5 Å². The summed E-state index contributed by atoms with van der Waals surface area (Å²) in [4.78, 5) is 23.7. The van der Waals surface area contributed by atoms with Crippen LogP contribution in [0.1, 0.15) is 40.0 Å². The first-order chi connectivity index (χ1) is 13.9. The number of aromatic nitrogens is 3. The molecule has 0 unspecified atom stereocenters. The molecule has 2 heterocycles. The molecule has 2 aromatic heterocycles. The Morgan fingerprint density at radius 1 is 1.43 bits per heavy atom. The third-order valence-corrected chi connectivity index (χ3v) is 3.48. The smallest absolute Gasteiger partial charge is 0.223 e. The Bertz CT molecular complexity index is 945. The quantitative estimate of drug-likeness (QED) is 0.918. The Kier molecular flexibility index (Phi) is 2.15. The fraction of sp³-hybridized carbons (Fsp3) is 0.429. The maximum atomic E-state index is 11.3. The van der Waals surface area contributed by atoms with Crippen molar-refractivity contribution in [3.63, 3.8) is 0 Å². The first kappa shape index (κ1) is 6.83. The van der Waals surface area contributed by atoms with E-state index in [0.29, 0.717) is 10.6 Å². The molecule has 0 radical (unpaired) electrons. The molecule has 1 amide bonds. The third-order valence-electron chi connectivity index (χ3n) is 2.39. The molecule has 0 aliphatic heterocycles. The number of hydrogen-bond acceptors (Lipinski definition) is 6. The van der Waals surface area contributed by atoms with Gasteiger partial charge in [-0.25, -0.2) is 9.97 Å². The Hall–Kier alpha value is -2.02. The van der Waals surface area contributed by atoms with Gasteiger partial charge in [-0.05, 0) is 20.6 Å². The van der Waals surface area contributed by atoms with E-state index in [2.05, 4.69) is 20.3 Å². The van der Waals surface area contributed by atoms with Crippen molar-refractivity contribution >= 4 is 28.2 Å². The number of thiazole rings is 1. The predicted molar refractivity (Wildman–Crippen MR) is 85.7 cm³/mol. The van der Waals surface area contributed by atoms with Gasteiger partial charge < -0.3 is 10.2 Å². The summed E-state index contributed by atoms with van der Waals surface area (Å²) in [5.74, 6) is -0.989. The summed E-state index contributed by atoms with van der Waals surface area (Å²) in [5, 5.41) is 2.75. The van der Waals surface area contributed by atoms with Gasteiger partial charge in [0.1, 0.15) is 11.5 Å². The van der Waals surface area contributed by atoms with Gasteiger partial charge in [0.25, 0.3) is 0 Å². The number of nitrogens with one attached hydrogen (secondary N) is 1. The van der Waals surface area contributed by atoms with Gasteiger partial charge in [-0.1, -0.05) is 11.3 Å². The van der Waals surface area contributed by atoms with Crippen LogP contribution in [0.2, 0.25) is 0 Å². The van der Waals surface area contributed by atoms with E-state index in [9.17, 15) is 4.79 Å². The van der Waals surface area contributed by atoms with Gasteiger partial charge in [-0.3, -0.25) is 9.78 Å². The molecule has 0 bridgehead atoms. The fourth-order valence-corrected chi connectivity index (χ4v) is 2.52. The molecule has 0 saturated heterocycles. The lowest BCUT2D eigenvalue weighted by atomic mass is 10.3. The summed E-state index contributed by atoms with van der Waals surface area (Å²) in [6.45, 7) is -10.8. The van der Waals surface area contributed by atoms with E-state index in [0.717, 1.165) is 17.5 Å². The minimum atomic E-state index is -3.44. The maximum Gasteiger partial charge on any atom is 0.223 e. The zero-order chi connectivity index (χ0) is 24.0. The second-order valence-electron chi connectivity index (χ2n) is 3.94. The second kappa shape index (κ2) is 6.62. The molecular formula is C14H19N5OS. The highest BCUT2D eigenvalue weighted by molar-refractivity contribution is 7.19. The van der Waals surface area contributed by atoms with Crippen molar-refractivity contribution in [1.29, 1.82) is 0 Å². The third kappa shape index (κ3) is 3.55. The number of nitrogens with zero attached hydrogens (tertiary/aromatic N) is 4. The van der Waals surface area contributed by atoms with E-state index in [1.165, 1.54) is 13.1 Å². The topological polar surface area (TPSA) is 71.0 Å². The van der Waals surface area contributed by atoms with Crippen molar-refractivity contribution in [2.24, 2.45) is 0 Å². The van der Waals surface area contributed by atoms with Crippen LogP contribution in [-0.2, 0) is 4.79 Å². The standard InChI is InChI=1S/C14H19N5OS/c1-5-19(6-2)12-8-15-7-11(18-12)13-9(3)16-14(21-13)17-10(4)20/h7-8H,5-6H2,1-4H3,(H,16,17,20)/i1D3,2D3,5D2,6D2. The highest BCUT2D eigenvalue weighted by Crippen LogP contribution is 2.31. The largest absolute Gasteiger partial charge is 0.356 e. The lowest BCUT2D eigenvalue weighted by Gasteiger charge is -2.19. The van der Waals surface area contributed by atoms with Crippen LogP contribution >= 0.6 is 11.3 Å². The molecule has 6 nitrogen and oxygen atoms in total. The van der Waals surface area contributed by atoms with Gasteiger partial charge in [0.2, 0.25) is 5.91 Å². The van der Waals surface area contributed by atoms with E-state index in [4.69, 9.17) is 13.7 Å². The highest BCUT2D eigenvalue weighted by atomic mass is 32.1. The Labute approximate surface area is 142 Å². The van der Waals surface area contributed by atoms with E-state index in [1.807, 2.05) is 0 Å². The SMILES string of the molecule is [2H]C([2H])([2H])C([2H])([2H])N(c1cncc(-c2sc(NC(C)=O)nc2C)n1)C([2H])([2H])C([2H])([2H])[2H]. The van der Waals surface area contributed by atoms with E-state index in [-0.39, 0.29) is 21.6 Å². The summed E-state index contributed by atoms with van der Waals surface area (Å²) < 4.78 is 77.0. The molecule has 1 N–H and O–H groups in total. The number of rotatable bonds is 5. The first-order valence-corrected chi connectivity index (χ1v) is 6.59. The van der Waals surface area contributed by atoms with Crippen LogP contribution in [0.15, 0.2) is 12.4 Å². The molecule has 2 aromatic rings. The van der Waals surface area contributed by atoms with Gasteiger partial charge in [-0.15, -0.1) is 0 Å². The Balaban J connectivity index is 2.68.